The number of rotatable bonds is 6. The largest absolute Gasteiger partial charge is 0.321 e. The second-order valence-electron chi connectivity index (χ2n) is 9.32. The Morgan fingerprint density at radius 3 is 1.91 bits per heavy atom. The Morgan fingerprint density at radius 2 is 1.48 bits per heavy atom. The molecule has 2 heteroatoms. The van der Waals surface area contributed by atoms with E-state index in [2.05, 4.69) is 46.6 Å². The summed E-state index contributed by atoms with van der Waals surface area (Å²) in [6.45, 7) is 19.1. The van der Waals surface area contributed by atoms with Crippen molar-refractivity contribution in [1.82, 2.24) is 4.90 Å². The van der Waals surface area contributed by atoms with Crippen LogP contribution in [0.5, 0.6) is 0 Å². The van der Waals surface area contributed by atoms with E-state index in [0.29, 0.717) is 0 Å². The minimum Gasteiger partial charge on any atom is -0.321 e. The van der Waals surface area contributed by atoms with Gasteiger partial charge in [-0.1, -0.05) is 20.3 Å². The van der Waals surface area contributed by atoms with Crippen LogP contribution in [-0.4, -0.2) is 55.2 Å². The Bertz CT molecular complexity index is 407. The Labute approximate surface area is 145 Å². The molecule has 7 unspecified atom stereocenters. The topological polar surface area (TPSA) is 3.24 Å². The fraction of sp³-hybridized carbons (Fsp3) is 1.00. The van der Waals surface area contributed by atoms with Gasteiger partial charge in [-0.2, -0.15) is 0 Å². The predicted octanol–water partition coefficient (Wildman–Crippen LogP) is 4.11. The lowest BCUT2D eigenvalue weighted by Crippen LogP contribution is -2.53. The smallest absolute Gasteiger partial charge is 0.0833 e. The number of hydrogen-bond donors (Lipinski definition) is 0. The van der Waals surface area contributed by atoms with Crippen LogP contribution in [0.15, 0.2) is 0 Å². The zero-order valence-electron chi connectivity index (χ0n) is 16.6. The first-order valence-electron chi connectivity index (χ1n) is 10.5. The third-order valence-electron chi connectivity index (χ3n) is 8.54. The van der Waals surface area contributed by atoms with E-state index in [1.165, 1.54) is 50.0 Å². The van der Waals surface area contributed by atoms with Crippen LogP contribution in [0.4, 0.5) is 0 Å². The highest BCUT2D eigenvalue weighted by Gasteiger charge is 2.60. The third-order valence-corrected chi connectivity index (χ3v) is 8.54. The van der Waals surface area contributed by atoms with Gasteiger partial charge in [0.05, 0.1) is 25.7 Å². The average molecular weight is 322 g/mol. The van der Waals surface area contributed by atoms with Crippen LogP contribution in [0.2, 0.25) is 0 Å². The first kappa shape index (κ1) is 17.7. The van der Waals surface area contributed by atoms with E-state index in [0.717, 1.165) is 41.5 Å². The Morgan fingerprint density at radius 1 is 0.913 bits per heavy atom. The molecule has 0 aromatic rings. The van der Waals surface area contributed by atoms with E-state index >= 15 is 0 Å². The van der Waals surface area contributed by atoms with Crippen molar-refractivity contribution in [3.8, 4) is 0 Å². The van der Waals surface area contributed by atoms with Gasteiger partial charge in [0, 0.05) is 18.4 Å². The van der Waals surface area contributed by atoms with Crippen molar-refractivity contribution in [2.45, 2.75) is 59.9 Å². The molecule has 2 bridgehead atoms. The summed E-state index contributed by atoms with van der Waals surface area (Å²) >= 11 is 0. The molecular weight excluding hydrogens is 280 g/mol. The predicted molar refractivity (Wildman–Crippen MR) is 99.3 cm³/mol. The normalized spacial score (nSPS) is 45.9. The zero-order chi connectivity index (χ0) is 16.8. The van der Waals surface area contributed by atoms with Crippen LogP contribution in [0.1, 0.15) is 53.9 Å². The summed E-state index contributed by atoms with van der Waals surface area (Å²) in [5.74, 6) is 6.13. The lowest BCUT2D eigenvalue weighted by atomic mass is 9.50. The van der Waals surface area contributed by atoms with E-state index in [9.17, 15) is 0 Å². The number of likely N-dealkylation sites (tertiary alicyclic amines) is 1. The maximum Gasteiger partial charge on any atom is 0.0833 e. The van der Waals surface area contributed by atoms with E-state index in [4.69, 9.17) is 0 Å². The van der Waals surface area contributed by atoms with Crippen LogP contribution in [0.25, 0.3) is 0 Å². The Balaban J connectivity index is 1.85. The molecule has 4 rings (SSSR count). The second-order valence-corrected chi connectivity index (χ2v) is 9.32. The molecule has 3 aliphatic carbocycles. The molecule has 1 heterocycles. The molecule has 23 heavy (non-hydrogen) atoms. The summed E-state index contributed by atoms with van der Waals surface area (Å²) in [6, 6.07) is 0.807. The molecule has 0 aromatic carbocycles. The van der Waals surface area contributed by atoms with Gasteiger partial charge in [-0.3, -0.25) is 0 Å². The van der Waals surface area contributed by atoms with Crippen molar-refractivity contribution >= 4 is 0 Å². The Hall–Kier alpha value is -0.0800. The standard InChI is InChI=1S/C21H41N2/c1-7-16-17-10-11-18(19(16)12-22(6)8-2)21-14-23(9-3,15(4)5)13-20(17)21/h15-21H,7-14H2,1-6H3/q+1. The lowest BCUT2D eigenvalue weighted by Gasteiger charge is -2.54. The van der Waals surface area contributed by atoms with E-state index in [1.54, 1.807) is 6.42 Å². The quantitative estimate of drug-likeness (QED) is 0.665. The van der Waals surface area contributed by atoms with E-state index < -0.39 is 0 Å². The second kappa shape index (κ2) is 6.67. The molecule has 1 saturated heterocycles. The van der Waals surface area contributed by atoms with Crippen molar-refractivity contribution < 1.29 is 4.48 Å². The van der Waals surface area contributed by atoms with Crippen LogP contribution < -0.4 is 0 Å². The van der Waals surface area contributed by atoms with Crippen LogP contribution >= 0.6 is 0 Å². The minimum atomic E-state index is 0.807. The monoisotopic (exact) mass is 321 g/mol. The molecule has 0 N–H and O–H groups in total. The van der Waals surface area contributed by atoms with Gasteiger partial charge in [-0.25, -0.2) is 0 Å². The maximum atomic E-state index is 2.59. The summed E-state index contributed by atoms with van der Waals surface area (Å²) < 4.78 is 1.41. The SMILES string of the molecule is CCC1C2CCC(C1CN(C)CC)C1C[N+](CC)(C(C)C)CC21. The third kappa shape index (κ3) is 2.78. The maximum absolute atomic E-state index is 2.59. The van der Waals surface area contributed by atoms with Crippen LogP contribution in [0, 0.1) is 35.5 Å². The van der Waals surface area contributed by atoms with Gasteiger partial charge in [-0.05, 0) is 70.9 Å². The number of fused-ring (bicyclic) bond motifs is 2. The highest BCUT2D eigenvalue weighted by molar-refractivity contribution is 5.03. The highest BCUT2D eigenvalue weighted by Crippen LogP contribution is 2.59. The molecular formula is C21H41N2+. The molecule has 1 aliphatic heterocycles. The van der Waals surface area contributed by atoms with Crippen molar-refractivity contribution in [3.05, 3.63) is 0 Å². The van der Waals surface area contributed by atoms with Crippen molar-refractivity contribution in [3.63, 3.8) is 0 Å². The fourth-order valence-corrected chi connectivity index (χ4v) is 7.01. The molecule has 0 radical (unpaired) electrons. The van der Waals surface area contributed by atoms with E-state index in [1.807, 2.05) is 0 Å². The molecule has 0 amide bonds. The summed E-state index contributed by atoms with van der Waals surface area (Å²) in [5.41, 5.74) is 0. The molecule has 7 atom stereocenters. The van der Waals surface area contributed by atoms with Crippen molar-refractivity contribution in [2.75, 3.05) is 39.8 Å². The summed E-state index contributed by atoms with van der Waals surface area (Å²) in [6.07, 6.45) is 4.49. The van der Waals surface area contributed by atoms with Gasteiger partial charge in [0.1, 0.15) is 0 Å². The number of nitrogens with zero attached hydrogens (tertiary/aromatic N) is 2. The van der Waals surface area contributed by atoms with Crippen molar-refractivity contribution in [2.24, 2.45) is 35.5 Å². The zero-order valence-corrected chi connectivity index (χ0v) is 16.6. The van der Waals surface area contributed by atoms with Gasteiger partial charge >= 0.3 is 0 Å². The summed E-state index contributed by atoms with van der Waals surface area (Å²) in [7, 11) is 2.33. The van der Waals surface area contributed by atoms with Gasteiger partial charge in [0.15, 0.2) is 0 Å². The molecule has 0 aromatic heterocycles. The lowest BCUT2D eigenvalue weighted by molar-refractivity contribution is -0.937. The molecule has 3 saturated carbocycles. The number of quaternary nitrogens is 1. The Kier molecular flexibility index (Phi) is 5.14. The average Bonchev–Trinajstić information content (AvgIpc) is 2.97. The summed E-state index contributed by atoms with van der Waals surface area (Å²) in [4.78, 5) is 2.59. The molecule has 0 spiro atoms. The first-order valence-corrected chi connectivity index (χ1v) is 10.5. The minimum absolute atomic E-state index is 0.807. The fourth-order valence-electron chi connectivity index (χ4n) is 7.01. The molecule has 134 valence electrons. The van der Waals surface area contributed by atoms with Crippen molar-refractivity contribution in [1.29, 1.82) is 0 Å². The van der Waals surface area contributed by atoms with Gasteiger partial charge in [-0.15, -0.1) is 0 Å². The molecule has 2 nitrogen and oxygen atoms in total. The first-order chi connectivity index (χ1) is 11.0. The number of hydrogen-bond acceptors (Lipinski definition) is 1. The van der Waals surface area contributed by atoms with Gasteiger partial charge < -0.3 is 9.38 Å². The van der Waals surface area contributed by atoms with Crippen LogP contribution in [-0.2, 0) is 0 Å². The molecule has 4 aliphatic rings. The molecule has 4 fully saturated rings. The van der Waals surface area contributed by atoms with E-state index in [-0.39, 0.29) is 0 Å². The summed E-state index contributed by atoms with van der Waals surface area (Å²) in [5, 5.41) is 0. The van der Waals surface area contributed by atoms with Crippen LogP contribution in [0.3, 0.4) is 0 Å². The highest BCUT2D eigenvalue weighted by atomic mass is 15.4. The van der Waals surface area contributed by atoms with Gasteiger partial charge in [0.25, 0.3) is 0 Å². The van der Waals surface area contributed by atoms with Gasteiger partial charge in [0.2, 0.25) is 0 Å².